The van der Waals surface area contributed by atoms with Crippen molar-refractivity contribution < 1.29 is 17.7 Å². The lowest BCUT2D eigenvalue weighted by molar-refractivity contribution is -0.121. The summed E-state index contributed by atoms with van der Waals surface area (Å²) in [6, 6.07) is 8.56. The maximum Gasteiger partial charge on any atom is 0.243 e. The van der Waals surface area contributed by atoms with Gasteiger partial charge in [0.1, 0.15) is 0 Å². The van der Waals surface area contributed by atoms with Crippen molar-refractivity contribution in [1.82, 2.24) is 19.8 Å². The van der Waals surface area contributed by atoms with Crippen molar-refractivity contribution in [1.29, 1.82) is 0 Å². The SMILES string of the molecule is O=C(CCc1nc(-c2ccsc2)no1)NCc1ccc(S(=O)(=O)N2CCCC2)cc1. The van der Waals surface area contributed by atoms with Gasteiger partial charge in [-0.15, -0.1) is 0 Å². The van der Waals surface area contributed by atoms with E-state index in [9.17, 15) is 13.2 Å². The molecule has 158 valence electrons. The number of sulfonamides is 1. The molecule has 0 bridgehead atoms. The molecule has 3 aromatic rings. The standard InChI is InChI=1S/C20H22N4O4S2/c25-18(7-8-19-22-20(23-28-19)16-9-12-29-14-16)21-13-15-3-5-17(6-4-15)30(26,27)24-10-1-2-11-24/h3-6,9,12,14H,1-2,7-8,10-11,13H2,(H,21,25). The van der Waals surface area contributed by atoms with Crippen LogP contribution < -0.4 is 5.32 Å². The fourth-order valence-corrected chi connectivity index (χ4v) is 5.38. The van der Waals surface area contributed by atoms with Gasteiger partial charge in [-0.05, 0) is 42.0 Å². The molecule has 0 unspecified atom stereocenters. The maximum absolute atomic E-state index is 12.5. The van der Waals surface area contributed by atoms with Crippen molar-refractivity contribution in [3.8, 4) is 11.4 Å². The summed E-state index contributed by atoms with van der Waals surface area (Å²) in [5.41, 5.74) is 1.73. The summed E-state index contributed by atoms with van der Waals surface area (Å²) < 4.78 is 31.8. The van der Waals surface area contributed by atoms with E-state index in [-0.39, 0.29) is 17.2 Å². The number of carbonyl (C=O) groups is 1. The van der Waals surface area contributed by atoms with Gasteiger partial charge in [0.25, 0.3) is 0 Å². The molecular formula is C20H22N4O4S2. The molecule has 1 N–H and O–H groups in total. The summed E-state index contributed by atoms with van der Waals surface area (Å²) in [6.45, 7) is 1.48. The van der Waals surface area contributed by atoms with Gasteiger partial charge >= 0.3 is 0 Å². The average molecular weight is 447 g/mol. The van der Waals surface area contributed by atoms with E-state index in [2.05, 4.69) is 15.5 Å². The summed E-state index contributed by atoms with van der Waals surface area (Å²) in [7, 11) is -3.42. The van der Waals surface area contributed by atoms with Crippen molar-refractivity contribution >= 4 is 27.3 Å². The molecule has 0 spiro atoms. The average Bonchev–Trinajstić information content (AvgIpc) is 3.52. The number of aromatic nitrogens is 2. The van der Waals surface area contributed by atoms with Crippen molar-refractivity contribution in [2.24, 2.45) is 0 Å². The minimum absolute atomic E-state index is 0.140. The van der Waals surface area contributed by atoms with Crippen LogP contribution in [0.2, 0.25) is 0 Å². The molecule has 1 amide bonds. The Hall–Kier alpha value is -2.56. The molecule has 0 aliphatic carbocycles. The molecule has 1 aromatic carbocycles. The van der Waals surface area contributed by atoms with Gasteiger partial charge in [-0.25, -0.2) is 8.42 Å². The van der Waals surface area contributed by atoms with E-state index < -0.39 is 10.0 Å². The molecule has 30 heavy (non-hydrogen) atoms. The van der Waals surface area contributed by atoms with Crippen LogP contribution >= 0.6 is 11.3 Å². The third-order valence-corrected chi connectivity index (χ3v) is 7.53. The number of nitrogens with one attached hydrogen (secondary N) is 1. The summed E-state index contributed by atoms with van der Waals surface area (Å²) in [5, 5.41) is 10.6. The molecule has 1 fully saturated rings. The predicted molar refractivity (Wildman–Crippen MR) is 112 cm³/mol. The monoisotopic (exact) mass is 446 g/mol. The van der Waals surface area contributed by atoms with Gasteiger partial charge in [0.05, 0.1) is 4.90 Å². The van der Waals surface area contributed by atoms with E-state index in [0.29, 0.717) is 37.8 Å². The highest BCUT2D eigenvalue weighted by atomic mass is 32.2. The van der Waals surface area contributed by atoms with E-state index >= 15 is 0 Å². The van der Waals surface area contributed by atoms with Gasteiger partial charge in [0, 0.05) is 43.4 Å². The highest BCUT2D eigenvalue weighted by Crippen LogP contribution is 2.21. The number of rotatable bonds is 8. The quantitative estimate of drug-likeness (QED) is 0.570. The first kappa shape index (κ1) is 20.7. The molecule has 0 atom stereocenters. The Bertz CT molecular complexity index is 1090. The molecular weight excluding hydrogens is 424 g/mol. The number of carbonyl (C=O) groups excluding carboxylic acids is 1. The van der Waals surface area contributed by atoms with Gasteiger partial charge in [0.15, 0.2) is 0 Å². The van der Waals surface area contributed by atoms with Crippen LogP contribution in [0.5, 0.6) is 0 Å². The van der Waals surface area contributed by atoms with Crippen LogP contribution in [-0.4, -0.2) is 41.9 Å². The topological polar surface area (TPSA) is 105 Å². The molecule has 3 heterocycles. The Morgan fingerprint density at radius 3 is 2.63 bits per heavy atom. The highest BCUT2D eigenvalue weighted by molar-refractivity contribution is 7.89. The van der Waals surface area contributed by atoms with Gasteiger partial charge in [-0.3, -0.25) is 4.79 Å². The minimum atomic E-state index is -3.42. The van der Waals surface area contributed by atoms with Crippen LogP contribution in [-0.2, 0) is 27.8 Å². The number of benzene rings is 1. The molecule has 0 radical (unpaired) electrons. The molecule has 8 nitrogen and oxygen atoms in total. The van der Waals surface area contributed by atoms with E-state index in [1.54, 1.807) is 35.6 Å². The second kappa shape index (κ2) is 9.07. The number of amides is 1. The normalized spacial score (nSPS) is 14.8. The Balaban J connectivity index is 1.26. The third-order valence-electron chi connectivity index (χ3n) is 4.93. The third kappa shape index (κ3) is 4.77. The molecule has 0 saturated carbocycles. The highest BCUT2D eigenvalue weighted by Gasteiger charge is 2.26. The van der Waals surface area contributed by atoms with Crippen molar-refractivity contribution in [2.75, 3.05) is 13.1 Å². The van der Waals surface area contributed by atoms with Crippen LogP contribution in [0.3, 0.4) is 0 Å². The van der Waals surface area contributed by atoms with E-state index in [1.807, 2.05) is 16.8 Å². The Labute approximate surface area is 179 Å². The zero-order valence-corrected chi connectivity index (χ0v) is 17.9. The van der Waals surface area contributed by atoms with Crippen LogP contribution in [0, 0.1) is 0 Å². The van der Waals surface area contributed by atoms with Crippen LogP contribution in [0.25, 0.3) is 11.4 Å². The van der Waals surface area contributed by atoms with Crippen molar-refractivity contribution in [2.45, 2.75) is 37.1 Å². The molecule has 4 rings (SSSR count). The lowest BCUT2D eigenvalue weighted by Gasteiger charge is -2.15. The number of thiophene rings is 1. The van der Waals surface area contributed by atoms with E-state index in [4.69, 9.17) is 4.52 Å². The first-order valence-electron chi connectivity index (χ1n) is 9.73. The van der Waals surface area contributed by atoms with Gasteiger partial charge in [-0.1, -0.05) is 17.3 Å². The fourth-order valence-electron chi connectivity index (χ4n) is 3.23. The summed E-state index contributed by atoms with van der Waals surface area (Å²) in [6.07, 6.45) is 2.40. The molecule has 1 aliphatic heterocycles. The largest absolute Gasteiger partial charge is 0.352 e. The van der Waals surface area contributed by atoms with E-state index in [0.717, 1.165) is 24.0 Å². The molecule has 2 aromatic heterocycles. The minimum Gasteiger partial charge on any atom is -0.352 e. The molecule has 1 aliphatic rings. The molecule has 10 heteroatoms. The smallest absolute Gasteiger partial charge is 0.243 e. The Morgan fingerprint density at radius 2 is 1.93 bits per heavy atom. The van der Waals surface area contributed by atoms with Crippen molar-refractivity contribution in [3.05, 3.63) is 52.5 Å². The lowest BCUT2D eigenvalue weighted by atomic mass is 10.2. The maximum atomic E-state index is 12.5. The summed E-state index contributed by atoms with van der Waals surface area (Å²) >= 11 is 1.55. The number of hydrogen-bond acceptors (Lipinski definition) is 7. The number of nitrogens with zero attached hydrogens (tertiary/aromatic N) is 3. The zero-order chi connectivity index (χ0) is 21.0. The van der Waals surface area contributed by atoms with Gasteiger partial charge in [-0.2, -0.15) is 20.6 Å². The zero-order valence-electron chi connectivity index (χ0n) is 16.3. The van der Waals surface area contributed by atoms with Crippen LogP contribution in [0.4, 0.5) is 0 Å². The van der Waals surface area contributed by atoms with Gasteiger partial charge in [0.2, 0.25) is 27.6 Å². The first-order valence-corrected chi connectivity index (χ1v) is 12.1. The van der Waals surface area contributed by atoms with E-state index in [1.165, 1.54) is 4.31 Å². The number of hydrogen-bond donors (Lipinski definition) is 1. The van der Waals surface area contributed by atoms with Crippen LogP contribution in [0.1, 0.15) is 30.7 Å². The predicted octanol–water partition coefficient (Wildman–Crippen LogP) is 2.83. The summed E-state index contributed by atoms with van der Waals surface area (Å²) in [4.78, 5) is 16.7. The second-order valence-corrected chi connectivity index (χ2v) is 9.77. The molecule has 1 saturated heterocycles. The Morgan fingerprint density at radius 1 is 1.17 bits per heavy atom. The summed E-state index contributed by atoms with van der Waals surface area (Å²) in [5.74, 6) is 0.803. The van der Waals surface area contributed by atoms with Gasteiger partial charge < -0.3 is 9.84 Å². The Kier molecular flexibility index (Phi) is 6.26. The van der Waals surface area contributed by atoms with Crippen molar-refractivity contribution in [3.63, 3.8) is 0 Å². The lowest BCUT2D eigenvalue weighted by Crippen LogP contribution is -2.28. The fraction of sp³-hybridized carbons (Fsp3) is 0.350. The first-order chi connectivity index (χ1) is 14.5. The van der Waals surface area contributed by atoms with Crippen LogP contribution in [0.15, 0.2) is 50.5 Å². The number of aryl methyl sites for hydroxylation is 1. The second-order valence-electron chi connectivity index (χ2n) is 7.06.